The molecule has 1 N–H and O–H groups in total. The van der Waals surface area contributed by atoms with Crippen LogP contribution in [0.2, 0.25) is 0 Å². The average molecular weight is 206 g/mol. The Labute approximate surface area is 93.1 Å². The molecule has 0 amide bonds. The molecule has 1 rings (SSSR count). The monoisotopic (exact) mass is 206 g/mol. The summed E-state index contributed by atoms with van der Waals surface area (Å²) in [6, 6.07) is 4.67. The van der Waals surface area contributed by atoms with E-state index in [-0.39, 0.29) is 0 Å². The maximum atomic E-state index is 4.14. The standard InChI is InChI=1S/C13H22N2/c1-13(2,3)9-12(14-4)8-11-6-5-7-15-10-11/h5-7,10,12,14H,8-9H2,1-4H3. The van der Waals surface area contributed by atoms with E-state index in [9.17, 15) is 0 Å². The predicted octanol–water partition coefficient (Wildman–Crippen LogP) is 2.65. The summed E-state index contributed by atoms with van der Waals surface area (Å²) in [7, 11) is 2.03. The van der Waals surface area contributed by atoms with Gasteiger partial charge in [0.1, 0.15) is 0 Å². The number of pyridine rings is 1. The third kappa shape index (κ3) is 4.93. The Kier molecular flexibility index (Phi) is 4.28. The Balaban J connectivity index is 2.55. The molecule has 1 aromatic heterocycles. The van der Waals surface area contributed by atoms with Crippen molar-refractivity contribution in [2.24, 2.45) is 5.41 Å². The van der Waals surface area contributed by atoms with Crippen molar-refractivity contribution in [1.82, 2.24) is 10.3 Å². The van der Waals surface area contributed by atoms with Crippen molar-refractivity contribution in [1.29, 1.82) is 0 Å². The fourth-order valence-corrected chi connectivity index (χ4v) is 1.82. The highest BCUT2D eigenvalue weighted by Crippen LogP contribution is 2.22. The molecule has 0 saturated carbocycles. The van der Waals surface area contributed by atoms with Gasteiger partial charge < -0.3 is 5.32 Å². The molecule has 1 heterocycles. The summed E-state index contributed by atoms with van der Waals surface area (Å²) in [6.07, 6.45) is 6.01. The lowest BCUT2D eigenvalue weighted by Gasteiger charge is -2.25. The van der Waals surface area contributed by atoms with Gasteiger partial charge in [0.2, 0.25) is 0 Å². The van der Waals surface area contributed by atoms with Crippen molar-refractivity contribution < 1.29 is 0 Å². The van der Waals surface area contributed by atoms with Gasteiger partial charge in [-0.1, -0.05) is 26.8 Å². The highest BCUT2D eigenvalue weighted by atomic mass is 14.9. The van der Waals surface area contributed by atoms with Gasteiger partial charge in [0, 0.05) is 18.4 Å². The van der Waals surface area contributed by atoms with Crippen LogP contribution in [0.15, 0.2) is 24.5 Å². The molecule has 1 atom stereocenters. The van der Waals surface area contributed by atoms with E-state index in [0.717, 1.165) is 6.42 Å². The molecule has 2 nitrogen and oxygen atoms in total. The van der Waals surface area contributed by atoms with Crippen molar-refractivity contribution >= 4 is 0 Å². The van der Waals surface area contributed by atoms with Crippen LogP contribution in [0.25, 0.3) is 0 Å². The number of nitrogens with zero attached hydrogens (tertiary/aromatic N) is 1. The minimum Gasteiger partial charge on any atom is -0.317 e. The van der Waals surface area contributed by atoms with Crippen LogP contribution >= 0.6 is 0 Å². The molecule has 2 heteroatoms. The molecular formula is C13H22N2. The zero-order chi connectivity index (χ0) is 11.3. The maximum Gasteiger partial charge on any atom is 0.0300 e. The molecule has 0 bridgehead atoms. The summed E-state index contributed by atoms with van der Waals surface area (Å²) >= 11 is 0. The van der Waals surface area contributed by atoms with E-state index < -0.39 is 0 Å². The maximum absolute atomic E-state index is 4.14. The number of hydrogen-bond acceptors (Lipinski definition) is 2. The SMILES string of the molecule is CNC(Cc1cccnc1)CC(C)(C)C. The average Bonchev–Trinajstić information content (AvgIpc) is 2.16. The second-order valence-corrected chi connectivity index (χ2v) is 5.32. The molecule has 0 aliphatic carbocycles. The highest BCUT2D eigenvalue weighted by Gasteiger charge is 2.17. The van der Waals surface area contributed by atoms with Gasteiger partial charge in [-0.05, 0) is 36.9 Å². The Bertz CT molecular complexity index is 274. The van der Waals surface area contributed by atoms with E-state index >= 15 is 0 Å². The summed E-state index contributed by atoms with van der Waals surface area (Å²) in [5.41, 5.74) is 1.68. The van der Waals surface area contributed by atoms with Crippen LogP contribution in [0.5, 0.6) is 0 Å². The number of aromatic nitrogens is 1. The first-order valence-electron chi connectivity index (χ1n) is 5.57. The van der Waals surface area contributed by atoms with Gasteiger partial charge in [0.05, 0.1) is 0 Å². The number of rotatable bonds is 4. The van der Waals surface area contributed by atoms with E-state index in [1.165, 1.54) is 12.0 Å². The van der Waals surface area contributed by atoms with Crippen LogP contribution in [0.3, 0.4) is 0 Å². The lowest BCUT2D eigenvalue weighted by Crippen LogP contribution is -2.32. The van der Waals surface area contributed by atoms with Crippen molar-refractivity contribution in [3.05, 3.63) is 30.1 Å². The van der Waals surface area contributed by atoms with Crippen molar-refractivity contribution in [3.63, 3.8) is 0 Å². The second kappa shape index (κ2) is 5.26. The lowest BCUT2D eigenvalue weighted by atomic mass is 9.86. The fourth-order valence-electron chi connectivity index (χ4n) is 1.82. The summed E-state index contributed by atoms with van der Waals surface area (Å²) in [6.45, 7) is 6.84. The largest absolute Gasteiger partial charge is 0.317 e. The van der Waals surface area contributed by atoms with E-state index in [1.54, 1.807) is 0 Å². The molecule has 0 aliphatic heterocycles. The third-order valence-corrected chi connectivity index (χ3v) is 2.47. The summed E-state index contributed by atoms with van der Waals surface area (Å²) in [4.78, 5) is 4.14. The van der Waals surface area contributed by atoms with Gasteiger partial charge >= 0.3 is 0 Å². The molecule has 0 aliphatic rings. The predicted molar refractivity (Wildman–Crippen MR) is 64.9 cm³/mol. The normalized spacial score (nSPS) is 13.9. The first kappa shape index (κ1) is 12.2. The lowest BCUT2D eigenvalue weighted by molar-refractivity contribution is 0.316. The van der Waals surface area contributed by atoms with Crippen LogP contribution in [-0.2, 0) is 6.42 Å². The Morgan fingerprint density at radius 2 is 2.13 bits per heavy atom. The number of likely N-dealkylation sites (N-methyl/N-ethyl adjacent to an activating group) is 1. The fraction of sp³-hybridized carbons (Fsp3) is 0.615. The first-order chi connectivity index (χ1) is 7.01. The van der Waals surface area contributed by atoms with Gasteiger partial charge in [-0.15, -0.1) is 0 Å². The van der Waals surface area contributed by atoms with Crippen LogP contribution in [0.4, 0.5) is 0 Å². The molecule has 1 aromatic rings. The summed E-state index contributed by atoms with van der Waals surface area (Å²) in [5, 5.41) is 3.38. The quantitative estimate of drug-likeness (QED) is 0.819. The molecule has 0 aromatic carbocycles. The zero-order valence-corrected chi connectivity index (χ0v) is 10.2. The third-order valence-electron chi connectivity index (χ3n) is 2.47. The summed E-state index contributed by atoms with van der Waals surface area (Å²) in [5.74, 6) is 0. The number of hydrogen-bond donors (Lipinski definition) is 1. The molecule has 0 radical (unpaired) electrons. The molecule has 15 heavy (non-hydrogen) atoms. The Morgan fingerprint density at radius 1 is 1.40 bits per heavy atom. The Hall–Kier alpha value is -0.890. The van der Waals surface area contributed by atoms with Crippen LogP contribution in [-0.4, -0.2) is 18.1 Å². The zero-order valence-electron chi connectivity index (χ0n) is 10.2. The highest BCUT2D eigenvalue weighted by molar-refractivity contribution is 5.10. The van der Waals surface area contributed by atoms with Gasteiger partial charge in [-0.25, -0.2) is 0 Å². The molecule has 0 saturated heterocycles. The minimum absolute atomic E-state index is 0.371. The smallest absolute Gasteiger partial charge is 0.0300 e. The second-order valence-electron chi connectivity index (χ2n) is 5.32. The van der Waals surface area contributed by atoms with Crippen LogP contribution < -0.4 is 5.32 Å². The van der Waals surface area contributed by atoms with Crippen molar-refractivity contribution in [2.45, 2.75) is 39.7 Å². The molecule has 1 unspecified atom stereocenters. The van der Waals surface area contributed by atoms with E-state index in [0.29, 0.717) is 11.5 Å². The molecule has 84 valence electrons. The number of nitrogens with one attached hydrogen (secondary N) is 1. The van der Waals surface area contributed by atoms with E-state index in [4.69, 9.17) is 0 Å². The minimum atomic E-state index is 0.371. The van der Waals surface area contributed by atoms with Crippen LogP contribution in [0.1, 0.15) is 32.8 Å². The van der Waals surface area contributed by atoms with E-state index in [2.05, 4.69) is 37.1 Å². The molecule has 0 spiro atoms. The van der Waals surface area contributed by atoms with Crippen molar-refractivity contribution in [2.75, 3.05) is 7.05 Å². The Morgan fingerprint density at radius 3 is 2.60 bits per heavy atom. The van der Waals surface area contributed by atoms with Gasteiger partial charge in [0.25, 0.3) is 0 Å². The first-order valence-corrected chi connectivity index (χ1v) is 5.57. The molecule has 0 fully saturated rings. The van der Waals surface area contributed by atoms with Crippen molar-refractivity contribution in [3.8, 4) is 0 Å². The van der Waals surface area contributed by atoms with E-state index in [1.807, 2.05) is 25.5 Å². The van der Waals surface area contributed by atoms with Gasteiger partial charge in [0.15, 0.2) is 0 Å². The van der Waals surface area contributed by atoms with Crippen LogP contribution in [0, 0.1) is 5.41 Å². The molecular weight excluding hydrogens is 184 g/mol. The summed E-state index contributed by atoms with van der Waals surface area (Å²) < 4.78 is 0. The topological polar surface area (TPSA) is 24.9 Å². The van der Waals surface area contributed by atoms with Gasteiger partial charge in [-0.2, -0.15) is 0 Å². The van der Waals surface area contributed by atoms with Gasteiger partial charge in [-0.3, -0.25) is 4.98 Å².